The lowest BCUT2D eigenvalue weighted by molar-refractivity contribution is 0.412. The third-order valence-corrected chi connectivity index (χ3v) is 5.03. The molecule has 0 bridgehead atoms. The number of benzene rings is 3. The first-order valence-corrected chi connectivity index (χ1v) is 9.27. The third kappa shape index (κ3) is 3.60. The third-order valence-electron chi connectivity index (χ3n) is 5.03. The molecule has 0 radical (unpaired) electrons. The molecule has 3 heteroatoms. The van der Waals surface area contributed by atoms with Gasteiger partial charge in [-0.1, -0.05) is 48.5 Å². The van der Waals surface area contributed by atoms with Crippen LogP contribution >= 0.6 is 0 Å². The van der Waals surface area contributed by atoms with E-state index in [1.807, 2.05) is 30.6 Å². The zero-order chi connectivity index (χ0) is 18.6. The van der Waals surface area contributed by atoms with Crippen molar-refractivity contribution in [3.63, 3.8) is 0 Å². The summed E-state index contributed by atoms with van der Waals surface area (Å²) in [6, 6.07) is 25.7. The summed E-state index contributed by atoms with van der Waals surface area (Å²) in [5.74, 6) is 0.872. The average Bonchev–Trinajstić information content (AvgIpc) is 3.26. The first kappa shape index (κ1) is 17.4. The lowest BCUT2D eigenvalue weighted by Crippen LogP contribution is -2.18. The van der Waals surface area contributed by atoms with E-state index in [0.29, 0.717) is 0 Å². The van der Waals surface area contributed by atoms with Gasteiger partial charge < -0.3 is 14.6 Å². The highest BCUT2D eigenvalue weighted by Crippen LogP contribution is 2.26. The van der Waals surface area contributed by atoms with Crippen LogP contribution in [-0.4, -0.2) is 11.7 Å². The van der Waals surface area contributed by atoms with Crippen molar-refractivity contribution in [3.05, 3.63) is 96.3 Å². The summed E-state index contributed by atoms with van der Waals surface area (Å²) in [6.45, 7) is 3.01. The van der Waals surface area contributed by atoms with Gasteiger partial charge in [0.1, 0.15) is 5.75 Å². The number of hydrogen-bond donors (Lipinski definition) is 1. The summed E-state index contributed by atoms with van der Waals surface area (Å²) in [4.78, 5) is 0. The Hall–Kier alpha value is -3.04. The average molecular weight is 356 g/mol. The van der Waals surface area contributed by atoms with Crippen LogP contribution in [-0.2, 0) is 6.54 Å². The Morgan fingerprint density at radius 1 is 0.926 bits per heavy atom. The van der Waals surface area contributed by atoms with Crippen molar-refractivity contribution in [1.82, 2.24) is 9.88 Å². The van der Waals surface area contributed by atoms with E-state index in [4.69, 9.17) is 4.74 Å². The molecule has 1 heterocycles. The first-order valence-electron chi connectivity index (χ1n) is 9.27. The minimum atomic E-state index is 0.258. The molecular weight excluding hydrogens is 332 g/mol. The van der Waals surface area contributed by atoms with E-state index in [2.05, 4.69) is 71.4 Å². The summed E-state index contributed by atoms with van der Waals surface area (Å²) < 4.78 is 7.61. The van der Waals surface area contributed by atoms with Crippen molar-refractivity contribution < 1.29 is 4.74 Å². The van der Waals surface area contributed by atoms with Crippen LogP contribution in [0.2, 0.25) is 0 Å². The molecule has 0 aliphatic carbocycles. The number of nitrogens with zero attached hydrogens (tertiary/aromatic N) is 1. The Balaban J connectivity index is 1.55. The predicted octanol–water partition coefficient (Wildman–Crippen LogP) is 5.49. The minimum Gasteiger partial charge on any atom is -0.495 e. The van der Waals surface area contributed by atoms with Crippen molar-refractivity contribution in [1.29, 1.82) is 0 Å². The molecule has 0 aliphatic rings. The number of nitrogens with one attached hydrogen (secondary N) is 1. The lowest BCUT2D eigenvalue weighted by Gasteiger charge is -2.18. The van der Waals surface area contributed by atoms with Gasteiger partial charge in [-0.2, -0.15) is 0 Å². The summed E-state index contributed by atoms with van der Waals surface area (Å²) in [5.41, 5.74) is 3.61. The monoisotopic (exact) mass is 356 g/mol. The Kier molecular flexibility index (Phi) is 4.95. The van der Waals surface area contributed by atoms with Gasteiger partial charge in [-0.05, 0) is 53.1 Å². The molecular formula is C24H24N2O. The number of methoxy groups -OCH3 is 1. The maximum Gasteiger partial charge on any atom is 0.142 e. The van der Waals surface area contributed by atoms with E-state index in [1.165, 1.54) is 21.9 Å². The Morgan fingerprint density at radius 3 is 2.52 bits per heavy atom. The van der Waals surface area contributed by atoms with Gasteiger partial charge in [0.25, 0.3) is 0 Å². The number of fused-ring (bicyclic) bond motifs is 1. The van der Waals surface area contributed by atoms with E-state index >= 15 is 0 Å². The van der Waals surface area contributed by atoms with Crippen molar-refractivity contribution in [3.8, 4) is 11.4 Å². The van der Waals surface area contributed by atoms with Crippen LogP contribution in [0.5, 0.6) is 5.75 Å². The molecule has 1 aromatic heterocycles. The van der Waals surface area contributed by atoms with Crippen molar-refractivity contribution >= 4 is 10.8 Å². The second-order valence-corrected chi connectivity index (χ2v) is 6.77. The Bertz CT molecular complexity index is 1030. The molecule has 1 atom stereocenters. The predicted molar refractivity (Wildman–Crippen MR) is 112 cm³/mol. The van der Waals surface area contributed by atoms with Gasteiger partial charge in [-0.15, -0.1) is 0 Å². The fourth-order valence-electron chi connectivity index (χ4n) is 3.55. The number of aromatic nitrogens is 1. The molecule has 136 valence electrons. The van der Waals surface area contributed by atoms with Crippen LogP contribution in [0.1, 0.15) is 24.1 Å². The molecule has 1 unspecified atom stereocenters. The summed E-state index contributed by atoms with van der Waals surface area (Å²) in [6.07, 6.45) is 4.07. The van der Waals surface area contributed by atoms with Crippen molar-refractivity contribution in [2.24, 2.45) is 0 Å². The molecule has 0 saturated heterocycles. The van der Waals surface area contributed by atoms with Gasteiger partial charge in [0.2, 0.25) is 0 Å². The fraction of sp³-hybridized carbons (Fsp3) is 0.167. The summed E-state index contributed by atoms with van der Waals surface area (Å²) in [5, 5.41) is 6.26. The van der Waals surface area contributed by atoms with E-state index in [9.17, 15) is 0 Å². The molecule has 0 aliphatic heterocycles. The lowest BCUT2D eigenvalue weighted by atomic mass is 9.99. The van der Waals surface area contributed by atoms with E-state index in [-0.39, 0.29) is 6.04 Å². The zero-order valence-electron chi connectivity index (χ0n) is 15.7. The molecule has 27 heavy (non-hydrogen) atoms. The minimum absolute atomic E-state index is 0.258. The second-order valence-electron chi connectivity index (χ2n) is 6.77. The van der Waals surface area contributed by atoms with Gasteiger partial charge in [-0.25, -0.2) is 0 Å². The topological polar surface area (TPSA) is 26.2 Å². The molecule has 0 spiro atoms. The van der Waals surface area contributed by atoms with Crippen molar-refractivity contribution in [2.45, 2.75) is 19.5 Å². The van der Waals surface area contributed by atoms with E-state index in [1.54, 1.807) is 7.11 Å². The highest BCUT2D eigenvalue weighted by molar-refractivity contribution is 5.86. The standard InChI is InChI=1S/C24H24N2O/c1-18(21-11-7-9-20-8-3-4-10-22(20)21)25-17-19-12-13-24(27-2)23(16-19)26-14-5-6-15-26/h3-16,18,25H,17H2,1-2H3. The molecule has 0 fully saturated rings. The molecule has 0 amide bonds. The van der Waals surface area contributed by atoms with E-state index in [0.717, 1.165) is 18.0 Å². The molecule has 0 saturated carbocycles. The Morgan fingerprint density at radius 2 is 1.70 bits per heavy atom. The summed E-state index contributed by atoms with van der Waals surface area (Å²) in [7, 11) is 1.71. The maximum atomic E-state index is 5.53. The fourth-order valence-corrected chi connectivity index (χ4v) is 3.55. The summed E-state index contributed by atoms with van der Waals surface area (Å²) >= 11 is 0. The SMILES string of the molecule is COc1ccc(CNC(C)c2cccc3ccccc23)cc1-n1cccc1. The maximum absolute atomic E-state index is 5.53. The van der Waals surface area contributed by atoms with Gasteiger partial charge >= 0.3 is 0 Å². The second kappa shape index (κ2) is 7.68. The quantitative estimate of drug-likeness (QED) is 0.494. The highest BCUT2D eigenvalue weighted by atomic mass is 16.5. The van der Waals surface area contributed by atoms with Gasteiger partial charge in [0, 0.05) is 25.0 Å². The van der Waals surface area contributed by atoms with Gasteiger partial charge in [0.15, 0.2) is 0 Å². The number of hydrogen-bond acceptors (Lipinski definition) is 2. The van der Waals surface area contributed by atoms with Crippen LogP contribution in [0.25, 0.3) is 16.5 Å². The van der Waals surface area contributed by atoms with Crippen LogP contribution in [0.15, 0.2) is 85.2 Å². The van der Waals surface area contributed by atoms with Crippen LogP contribution in [0.4, 0.5) is 0 Å². The molecule has 3 nitrogen and oxygen atoms in total. The largest absolute Gasteiger partial charge is 0.495 e. The zero-order valence-corrected chi connectivity index (χ0v) is 15.7. The normalized spacial score (nSPS) is 12.2. The van der Waals surface area contributed by atoms with Crippen LogP contribution < -0.4 is 10.1 Å². The van der Waals surface area contributed by atoms with Gasteiger partial charge in [0.05, 0.1) is 12.8 Å². The highest BCUT2D eigenvalue weighted by Gasteiger charge is 2.10. The first-order chi connectivity index (χ1) is 13.3. The van der Waals surface area contributed by atoms with Crippen LogP contribution in [0, 0.1) is 0 Å². The molecule has 4 rings (SSSR count). The molecule has 4 aromatic rings. The number of rotatable bonds is 6. The molecule has 3 aromatic carbocycles. The van der Waals surface area contributed by atoms with Gasteiger partial charge in [-0.3, -0.25) is 0 Å². The number of ether oxygens (including phenoxy) is 1. The van der Waals surface area contributed by atoms with Crippen molar-refractivity contribution in [2.75, 3.05) is 7.11 Å². The van der Waals surface area contributed by atoms with Crippen LogP contribution in [0.3, 0.4) is 0 Å². The van der Waals surface area contributed by atoms with E-state index < -0.39 is 0 Å². The smallest absolute Gasteiger partial charge is 0.142 e. The Labute approximate surface area is 160 Å². The molecule has 1 N–H and O–H groups in total.